The lowest BCUT2D eigenvalue weighted by atomic mass is 9.97. The van der Waals surface area contributed by atoms with Gasteiger partial charge in [0.05, 0.1) is 11.5 Å². The molecule has 0 saturated carbocycles. The molecule has 0 spiro atoms. The molecule has 0 unspecified atom stereocenters. The van der Waals surface area contributed by atoms with E-state index in [4.69, 9.17) is 0 Å². The van der Waals surface area contributed by atoms with Crippen LogP contribution in [0.5, 0.6) is 0 Å². The van der Waals surface area contributed by atoms with E-state index in [0.717, 1.165) is 10.9 Å². The maximum atomic E-state index is 12.7. The number of rotatable bonds is 4. The van der Waals surface area contributed by atoms with Gasteiger partial charge in [-0.1, -0.05) is 24.3 Å². The summed E-state index contributed by atoms with van der Waals surface area (Å²) in [6.45, 7) is 2.20. The number of carbonyl (C=O) groups excluding carboxylic acids is 3. The monoisotopic (exact) mass is 376 g/mol. The van der Waals surface area contributed by atoms with Crippen LogP contribution in [0.4, 0.5) is 11.4 Å². The standard InChI is InChI=1S/C21H20N4O3/c1-13(26)23-15-5-4-6-16(9-15)24-20(27)14-11-25(12-14)21(28)18-10-22-19-8-3-2-7-17(18)19/h2-10,14,22H,11-12H2,1H3,(H,23,26)(H,24,27). The number of nitrogens with one attached hydrogen (secondary N) is 3. The molecule has 1 aliphatic rings. The zero-order valence-corrected chi connectivity index (χ0v) is 15.4. The van der Waals surface area contributed by atoms with Gasteiger partial charge in [0.25, 0.3) is 5.91 Å². The molecule has 0 aliphatic carbocycles. The maximum Gasteiger partial charge on any atom is 0.256 e. The van der Waals surface area contributed by atoms with Gasteiger partial charge in [0.2, 0.25) is 11.8 Å². The Bertz CT molecular complexity index is 1070. The predicted molar refractivity (Wildman–Crippen MR) is 107 cm³/mol. The third kappa shape index (κ3) is 3.46. The summed E-state index contributed by atoms with van der Waals surface area (Å²) in [6.07, 6.45) is 1.72. The highest BCUT2D eigenvalue weighted by atomic mass is 16.2. The van der Waals surface area contributed by atoms with Gasteiger partial charge in [-0.05, 0) is 24.3 Å². The van der Waals surface area contributed by atoms with Crippen LogP contribution in [0.15, 0.2) is 54.7 Å². The molecular formula is C21H20N4O3. The van der Waals surface area contributed by atoms with Gasteiger partial charge in [-0.2, -0.15) is 0 Å². The van der Waals surface area contributed by atoms with Crippen molar-refractivity contribution in [1.29, 1.82) is 0 Å². The van der Waals surface area contributed by atoms with E-state index in [0.29, 0.717) is 30.0 Å². The van der Waals surface area contributed by atoms with Gasteiger partial charge in [0, 0.05) is 48.5 Å². The van der Waals surface area contributed by atoms with E-state index in [-0.39, 0.29) is 23.6 Å². The van der Waals surface area contributed by atoms with Crippen molar-refractivity contribution in [1.82, 2.24) is 9.88 Å². The zero-order valence-electron chi connectivity index (χ0n) is 15.4. The summed E-state index contributed by atoms with van der Waals surface area (Å²) in [5.41, 5.74) is 2.77. The van der Waals surface area contributed by atoms with Crippen LogP contribution < -0.4 is 10.6 Å². The fourth-order valence-electron chi connectivity index (χ4n) is 3.35. The number of hydrogen-bond donors (Lipinski definition) is 3. The van der Waals surface area contributed by atoms with Crippen LogP contribution in [-0.4, -0.2) is 40.7 Å². The first-order valence-corrected chi connectivity index (χ1v) is 9.05. The smallest absolute Gasteiger partial charge is 0.256 e. The summed E-state index contributed by atoms with van der Waals surface area (Å²) < 4.78 is 0. The molecule has 1 aliphatic heterocycles. The normalized spacial score (nSPS) is 13.8. The van der Waals surface area contributed by atoms with Crippen molar-refractivity contribution in [3.05, 3.63) is 60.3 Å². The second-order valence-corrected chi connectivity index (χ2v) is 6.91. The van der Waals surface area contributed by atoms with Crippen LogP contribution in [0.1, 0.15) is 17.3 Å². The van der Waals surface area contributed by atoms with Crippen molar-refractivity contribution >= 4 is 40.0 Å². The van der Waals surface area contributed by atoms with Gasteiger partial charge >= 0.3 is 0 Å². The minimum absolute atomic E-state index is 0.0749. The lowest BCUT2D eigenvalue weighted by Gasteiger charge is -2.38. The Morgan fingerprint density at radius 3 is 2.46 bits per heavy atom. The summed E-state index contributed by atoms with van der Waals surface area (Å²) in [5.74, 6) is -0.635. The van der Waals surface area contributed by atoms with Crippen LogP contribution in [0.25, 0.3) is 10.9 Å². The molecule has 3 amide bonds. The van der Waals surface area contributed by atoms with E-state index in [1.807, 2.05) is 24.3 Å². The van der Waals surface area contributed by atoms with E-state index in [9.17, 15) is 14.4 Å². The van der Waals surface area contributed by atoms with Crippen molar-refractivity contribution in [3.8, 4) is 0 Å². The van der Waals surface area contributed by atoms with E-state index in [2.05, 4.69) is 15.6 Å². The van der Waals surface area contributed by atoms with Crippen molar-refractivity contribution < 1.29 is 14.4 Å². The third-order valence-corrected chi connectivity index (χ3v) is 4.81. The first-order chi connectivity index (χ1) is 13.5. The first kappa shape index (κ1) is 17.8. The molecule has 0 radical (unpaired) electrons. The first-order valence-electron chi connectivity index (χ1n) is 9.05. The number of aromatic nitrogens is 1. The van der Waals surface area contributed by atoms with Crippen molar-refractivity contribution in [2.45, 2.75) is 6.92 Å². The molecule has 28 heavy (non-hydrogen) atoms. The van der Waals surface area contributed by atoms with Gasteiger partial charge in [0.1, 0.15) is 0 Å². The van der Waals surface area contributed by atoms with Gasteiger partial charge < -0.3 is 20.5 Å². The summed E-state index contributed by atoms with van der Waals surface area (Å²) >= 11 is 0. The Kier molecular flexibility index (Phi) is 4.57. The van der Waals surface area contributed by atoms with Crippen LogP contribution in [0.3, 0.4) is 0 Å². The molecule has 142 valence electrons. The molecular weight excluding hydrogens is 356 g/mol. The number of para-hydroxylation sites is 1. The molecule has 3 N–H and O–H groups in total. The Morgan fingerprint density at radius 2 is 1.71 bits per heavy atom. The van der Waals surface area contributed by atoms with Crippen LogP contribution in [-0.2, 0) is 9.59 Å². The molecule has 2 heterocycles. The molecule has 7 heteroatoms. The minimum atomic E-state index is -0.251. The number of fused-ring (bicyclic) bond motifs is 1. The van der Waals surface area contributed by atoms with Gasteiger partial charge in [-0.25, -0.2) is 0 Å². The van der Waals surface area contributed by atoms with Gasteiger partial charge in [0.15, 0.2) is 0 Å². The molecule has 1 saturated heterocycles. The minimum Gasteiger partial charge on any atom is -0.360 e. The van der Waals surface area contributed by atoms with Crippen LogP contribution in [0, 0.1) is 5.92 Å². The number of amides is 3. The lowest BCUT2D eigenvalue weighted by molar-refractivity contribution is -0.123. The highest BCUT2D eigenvalue weighted by Gasteiger charge is 2.36. The fourth-order valence-corrected chi connectivity index (χ4v) is 3.35. The van der Waals surface area contributed by atoms with Crippen molar-refractivity contribution in [2.24, 2.45) is 5.92 Å². The van der Waals surface area contributed by atoms with Crippen LogP contribution >= 0.6 is 0 Å². The highest BCUT2D eigenvalue weighted by molar-refractivity contribution is 6.07. The Labute approximate surface area is 161 Å². The van der Waals surface area contributed by atoms with E-state index >= 15 is 0 Å². The molecule has 1 aromatic heterocycles. The zero-order chi connectivity index (χ0) is 19.7. The summed E-state index contributed by atoms with van der Waals surface area (Å²) in [5, 5.41) is 6.41. The fraction of sp³-hybridized carbons (Fsp3) is 0.190. The molecule has 0 atom stereocenters. The second-order valence-electron chi connectivity index (χ2n) is 6.91. The molecule has 7 nitrogen and oxygen atoms in total. The number of nitrogens with zero attached hydrogens (tertiary/aromatic N) is 1. The quantitative estimate of drug-likeness (QED) is 0.653. The Hall–Kier alpha value is -3.61. The largest absolute Gasteiger partial charge is 0.360 e. The average Bonchev–Trinajstić information content (AvgIpc) is 3.04. The molecule has 2 aromatic carbocycles. The summed E-state index contributed by atoms with van der Waals surface area (Å²) in [7, 11) is 0. The number of benzene rings is 2. The van der Waals surface area contributed by atoms with E-state index in [1.54, 1.807) is 35.4 Å². The number of anilines is 2. The highest BCUT2D eigenvalue weighted by Crippen LogP contribution is 2.25. The SMILES string of the molecule is CC(=O)Nc1cccc(NC(=O)C2CN(C(=O)c3c[nH]c4ccccc34)C2)c1. The van der Waals surface area contributed by atoms with E-state index < -0.39 is 0 Å². The Morgan fingerprint density at radius 1 is 1.00 bits per heavy atom. The van der Waals surface area contributed by atoms with E-state index in [1.165, 1.54) is 6.92 Å². The lowest BCUT2D eigenvalue weighted by Crippen LogP contribution is -2.54. The maximum absolute atomic E-state index is 12.7. The third-order valence-electron chi connectivity index (χ3n) is 4.81. The summed E-state index contributed by atoms with van der Waals surface area (Å²) in [6, 6.07) is 14.6. The number of H-pyrrole nitrogens is 1. The predicted octanol–water partition coefficient (Wildman–Crippen LogP) is 2.84. The molecule has 1 fully saturated rings. The second kappa shape index (κ2) is 7.19. The molecule has 0 bridgehead atoms. The van der Waals surface area contributed by atoms with Gasteiger partial charge in [-0.3, -0.25) is 14.4 Å². The number of hydrogen-bond acceptors (Lipinski definition) is 3. The topological polar surface area (TPSA) is 94.3 Å². The number of aromatic amines is 1. The summed E-state index contributed by atoms with van der Waals surface area (Å²) in [4.78, 5) is 41.1. The van der Waals surface area contributed by atoms with Crippen molar-refractivity contribution in [3.63, 3.8) is 0 Å². The number of carbonyl (C=O) groups is 3. The Balaban J connectivity index is 1.36. The number of likely N-dealkylation sites (tertiary alicyclic amines) is 1. The van der Waals surface area contributed by atoms with Crippen molar-refractivity contribution in [2.75, 3.05) is 23.7 Å². The molecule has 3 aromatic rings. The average molecular weight is 376 g/mol. The van der Waals surface area contributed by atoms with Crippen LogP contribution in [0.2, 0.25) is 0 Å². The van der Waals surface area contributed by atoms with Gasteiger partial charge in [-0.15, -0.1) is 0 Å². The molecule has 4 rings (SSSR count).